The molecule has 0 saturated heterocycles. The summed E-state index contributed by atoms with van der Waals surface area (Å²) < 4.78 is 0. The van der Waals surface area contributed by atoms with Gasteiger partial charge in [-0.25, -0.2) is 0 Å². The first-order chi connectivity index (χ1) is 18.5. The highest BCUT2D eigenvalue weighted by atomic mass is 15.1. The van der Waals surface area contributed by atoms with Gasteiger partial charge in [0.25, 0.3) is 0 Å². The van der Waals surface area contributed by atoms with Crippen LogP contribution >= 0.6 is 0 Å². The van der Waals surface area contributed by atoms with E-state index in [2.05, 4.69) is 146 Å². The third-order valence-electron chi connectivity index (χ3n) is 7.78. The summed E-state index contributed by atoms with van der Waals surface area (Å²) in [5, 5.41) is 2.51. The molecule has 0 spiro atoms. The van der Waals surface area contributed by atoms with E-state index >= 15 is 0 Å². The van der Waals surface area contributed by atoms with Crippen molar-refractivity contribution in [2.75, 3.05) is 4.90 Å². The van der Waals surface area contributed by atoms with Crippen molar-refractivity contribution >= 4 is 34.3 Å². The number of aromatic amines is 1. The zero-order valence-electron chi connectivity index (χ0n) is 22.2. The first-order valence-corrected chi connectivity index (χ1v) is 13.2. The van der Waals surface area contributed by atoms with Crippen LogP contribution in [0.15, 0.2) is 122 Å². The maximum absolute atomic E-state index is 4.58. The fourth-order valence-corrected chi connectivity index (χ4v) is 5.90. The molecule has 0 saturated carbocycles. The molecule has 0 unspecified atom stereocenters. The fourth-order valence-electron chi connectivity index (χ4n) is 5.90. The van der Waals surface area contributed by atoms with Gasteiger partial charge in [0, 0.05) is 34.4 Å². The maximum Gasteiger partial charge on any atom is 0.0465 e. The van der Waals surface area contributed by atoms with Crippen LogP contribution < -0.4 is 15.3 Å². The number of H-pyrrole nitrogens is 1. The minimum absolute atomic E-state index is 0.179. The molecule has 0 radical (unpaired) electrons. The van der Waals surface area contributed by atoms with Crippen LogP contribution in [0.2, 0.25) is 0 Å². The normalized spacial score (nSPS) is 16.0. The van der Waals surface area contributed by atoms with Crippen LogP contribution in [0.25, 0.3) is 28.5 Å². The maximum atomic E-state index is 4.58. The molecule has 1 heterocycles. The number of nitrogens with zero attached hydrogens (tertiary/aromatic N) is 1. The van der Waals surface area contributed by atoms with E-state index in [0.717, 1.165) is 28.3 Å². The van der Waals surface area contributed by atoms with E-state index in [0.29, 0.717) is 0 Å². The van der Waals surface area contributed by atoms with Gasteiger partial charge in [-0.2, -0.15) is 0 Å². The molecule has 6 rings (SSSR count). The lowest BCUT2D eigenvalue weighted by atomic mass is 9.81. The van der Waals surface area contributed by atoms with Crippen molar-refractivity contribution in [2.45, 2.75) is 26.2 Å². The zero-order chi connectivity index (χ0) is 26.3. The molecule has 5 aromatic rings. The zero-order valence-corrected chi connectivity index (χ0v) is 22.2. The Morgan fingerprint density at radius 1 is 0.737 bits per heavy atom. The molecule has 2 nitrogen and oxygen atoms in total. The number of nitrogens with one attached hydrogen (secondary N) is 1. The van der Waals surface area contributed by atoms with Gasteiger partial charge in [0.2, 0.25) is 0 Å². The van der Waals surface area contributed by atoms with Gasteiger partial charge in [-0.3, -0.25) is 0 Å². The second kappa shape index (κ2) is 9.39. The number of fused-ring (bicyclic) bond motifs is 1. The molecule has 0 bridgehead atoms. The molecule has 1 aliphatic carbocycles. The Hall–Kier alpha value is -4.56. The fraction of sp³-hybridized carbons (Fsp3) is 0.111. The van der Waals surface area contributed by atoms with Crippen LogP contribution in [0.5, 0.6) is 0 Å². The Morgan fingerprint density at radius 2 is 1.42 bits per heavy atom. The van der Waals surface area contributed by atoms with E-state index in [1.54, 1.807) is 0 Å². The smallest absolute Gasteiger partial charge is 0.0465 e. The highest BCUT2D eigenvalue weighted by Gasteiger charge is 2.38. The molecule has 1 aliphatic rings. The molecule has 0 aliphatic heterocycles. The van der Waals surface area contributed by atoms with Crippen molar-refractivity contribution in [3.05, 3.63) is 144 Å². The molecule has 0 amide bonds. The summed E-state index contributed by atoms with van der Waals surface area (Å²) in [7, 11) is 0. The third-order valence-corrected chi connectivity index (χ3v) is 7.78. The van der Waals surface area contributed by atoms with Gasteiger partial charge in [-0.15, -0.1) is 0 Å². The molecule has 4 aromatic carbocycles. The lowest BCUT2D eigenvalue weighted by Crippen LogP contribution is -2.31. The molecule has 186 valence electrons. The molecule has 0 fully saturated rings. The monoisotopic (exact) mass is 492 g/mol. The average molecular weight is 493 g/mol. The Morgan fingerprint density at radius 3 is 2.13 bits per heavy atom. The van der Waals surface area contributed by atoms with E-state index in [4.69, 9.17) is 0 Å². The highest BCUT2D eigenvalue weighted by molar-refractivity contribution is 6.07. The molecular weight excluding hydrogens is 460 g/mol. The number of aromatic nitrogens is 1. The van der Waals surface area contributed by atoms with Crippen molar-refractivity contribution < 1.29 is 0 Å². The number of rotatable bonds is 4. The van der Waals surface area contributed by atoms with Gasteiger partial charge in [0.1, 0.15) is 0 Å². The summed E-state index contributed by atoms with van der Waals surface area (Å²) >= 11 is 0. The summed E-state index contributed by atoms with van der Waals surface area (Å²) in [6.07, 6.45) is 4.15. The van der Waals surface area contributed by atoms with Crippen molar-refractivity contribution in [1.82, 2.24) is 4.98 Å². The van der Waals surface area contributed by atoms with Gasteiger partial charge in [-0.05, 0) is 93.7 Å². The van der Waals surface area contributed by atoms with Gasteiger partial charge >= 0.3 is 0 Å². The lowest BCUT2D eigenvalue weighted by molar-refractivity contribution is 0.708. The first-order valence-electron chi connectivity index (χ1n) is 13.2. The van der Waals surface area contributed by atoms with Gasteiger partial charge in [0.15, 0.2) is 0 Å². The summed E-state index contributed by atoms with van der Waals surface area (Å²) in [6.45, 7) is 11.3. The van der Waals surface area contributed by atoms with E-state index in [1.807, 2.05) is 12.3 Å². The minimum Gasteiger partial charge on any atom is -0.361 e. The predicted octanol–water partition coefficient (Wildman–Crippen LogP) is 8.11. The highest BCUT2D eigenvalue weighted by Crippen LogP contribution is 2.51. The minimum atomic E-state index is -0.179. The van der Waals surface area contributed by atoms with Crippen molar-refractivity contribution in [3.63, 3.8) is 0 Å². The topological polar surface area (TPSA) is 19.0 Å². The van der Waals surface area contributed by atoms with Gasteiger partial charge in [-0.1, -0.05) is 87.2 Å². The standard InChI is InChI=1S/C36H32N2/c1-5-26-12-9-10-15-32(26)35-25(2)31-22-21-30(24-33(31)36(35,3)4)38(28-13-7-6-8-14-28)29-19-17-27(18-20-29)34-16-11-23-37-34/h5-24,37H,2H2,1,3-4H3/b26-5-,35-32+. The quantitative estimate of drug-likeness (QED) is 0.268. The predicted molar refractivity (Wildman–Crippen MR) is 162 cm³/mol. The summed E-state index contributed by atoms with van der Waals surface area (Å²) in [5.41, 5.74) is 10.5. The summed E-state index contributed by atoms with van der Waals surface area (Å²) in [5.74, 6) is 0. The van der Waals surface area contributed by atoms with Crippen LogP contribution in [0, 0.1) is 0 Å². The van der Waals surface area contributed by atoms with E-state index < -0.39 is 0 Å². The molecular formula is C36H32N2. The molecule has 0 atom stereocenters. The van der Waals surface area contributed by atoms with Crippen LogP contribution in [-0.2, 0) is 5.41 Å². The number of hydrogen-bond acceptors (Lipinski definition) is 1. The second-order valence-corrected chi connectivity index (χ2v) is 10.4. The van der Waals surface area contributed by atoms with Crippen molar-refractivity contribution in [2.24, 2.45) is 0 Å². The van der Waals surface area contributed by atoms with Gasteiger partial charge < -0.3 is 9.88 Å². The molecule has 2 heteroatoms. The van der Waals surface area contributed by atoms with Crippen LogP contribution in [0.3, 0.4) is 0 Å². The SMILES string of the molecule is C=C1/C(=c2/cccc/c2=C/C)C(C)(C)c2cc(N(c3ccccc3)c3ccc(-c4ccc[nH]4)cc3)ccc21. The number of allylic oxidation sites excluding steroid dienone is 1. The Kier molecular flexibility index (Phi) is 5.88. The number of hydrogen-bond donors (Lipinski definition) is 1. The van der Waals surface area contributed by atoms with Crippen molar-refractivity contribution in [1.29, 1.82) is 0 Å². The first kappa shape index (κ1) is 23.8. The third kappa shape index (κ3) is 3.90. The largest absolute Gasteiger partial charge is 0.361 e. The Bertz CT molecular complexity index is 1740. The molecule has 1 aromatic heterocycles. The van der Waals surface area contributed by atoms with Crippen molar-refractivity contribution in [3.8, 4) is 11.3 Å². The number of para-hydroxylation sites is 1. The van der Waals surface area contributed by atoms with Gasteiger partial charge in [0.05, 0.1) is 0 Å². The molecule has 1 N–H and O–H groups in total. The van der Waals surface area contributed by atoms with Crippen LogP contribution in [0.4, 0.5) is 17.1 Å². The number of benzene rings is 4. The summed E-state index contributed by atoms with van der Waals surface area (Å²) in [4.78, 5) is 5.64. The van der Waals surface area contributed by atoms with E-state index in [-0.39, 0.29) is 5.41 Å². The average Bonchev–Trinajstić information content (AvgIpc) is 3.55. The van der Waals surface area contributed by atoms with E-state index in [9.17, 15) is 0 Å². The lowest BCUT2D eigenvalue weighted by Gasteiger charge is -2.28. The number of anilines is 3. The second-order valence-electron chi connectivity index (χ2n) is 10.4. The van der Waals surface area contributed by atoms with Crippen LogP contribution in [0.1, 0.15) is 31.9 Å². The molecule has 38 heavy (non-hydrogen) atoms. The Balaban J connectivity index is 1.51. The Labute approximate surface area is 224 Å². The summed E-state index contributed by atoms with van der Waals surface area (Å²) in [6, 6.07) is 39.0. The van der Waals surface area contributed by atoms with Crippen LogP contribution in [-0.4, -0.2) is 4.98 Å². The van der Waals surface area contributed by atoms with E-state index in [1.165, 1.54) is 32.7 Å².